The molecule has 1 saturated heterocycles. The third kappa shape index (κ3) is 3.00. The fourth-order valence-electron chi connectivity index (χ4n) is 2.72. The van der Waals surface area contributed by atoms with Gasteiger partial charge in [0.1, 0.15) is 0 Å². The lowest BCUT2D eigenvalue weighted by Gasteiger charge is -2.27. The molecule has 0 spiro atoms. The topological polar surface area (TPSA) is 128 Å². The second kappa shape index (κ2) is 6.04. The number of rotatable bonds is 5. The summed E-state index contributed by atoms with van der Waals surface area (Å²) in [6.07, 6.45) is 0.0955. The van der Waals surface area contributed by atoms with Gasteiger partial charge in [0, 0.05) is 19.2 Å². The smallest absolute Gasteiger partial charge is 0.318 e. The monoisotopic (exact) mass is 338 g/mol. The van der Waals surface area contributed by atoms with E-state index in [9.17, 15) is 25.0 Å². The summed E-state index contributed by atoms with van der Waals surface area (Å²) in [6.45, 7) is 3.65. The second-order valence-corrected chi connectivity index (χ2v) is 6.04. The summed E-state index contributed by atoms with van der Waals surface area (Å²) in [5, 5.41) is 25.5. The number of hydrogen-bond donors (Lipinski definition) is 1. The summed E-state index contributed by atoms with van der Waals surface area (Å²) in [4.78, 5) is 34.7. The minimum absolute atomic E-state index is 0.0955. The lowest BCUT2D eigenvalue weighted by atomic mass is 10.0. The van der Waals surface area contributed by atoms with E-state index in [2.05, 4.69) is 5.32 Å². The van der Waals surface area contributed by atoms with Crippen molar-refractivity contribution < 1.29 is 19.4 Å². The average molecular weight is 338 g/mol. The highest BCUT2D eigenvalue weighted by Crippen LogP contribution is 2.38. The number of carbonyl (C=O) groups excluding carboxylic acids is 1. The summed E-state index contributed by atoms with van der Waals surface area (Å²) < 4.78 is 4.82. The number of methoxy groups -OCH3 is 1. The lowest BCUT2D eigenvalue weighted by Crippen LogP contribution is -2.45. The number of ether oxygens (including phenoxy) is 1. The number of likely N-dealkylation sites (N-methyl/N-ethyl adjacent to an activating group) is 1. The first kappa shape index (κ1) is 17.6. The molecule has 0 unspecified atom stereocenters. The maximum Gasteiger partial charge on any atom is 0.318 e. The molecule has 0 aromatic heterocycles. The van der Waals surface area contributed by atoms with Crippen molar-refractivity contribution in [1.29, 1.82) is 0 Å². The van der Waals surface area contributed by atoms with Crippen molar-refractivity contribution in [2.24, 2.45) is 0 Å². The fourth-order valence-corrected chi connectivity index (χ4v) is 2.72. The highest BCUT2D eigenvalue weighted by Gasteiger charge is 2.42. The van der Waals surface area contributed by atoms with Crippen molar-refractivity contribution >= 4 is 17.3 Å². The minimum atomic E-state index is -0.741. The molecule has 10 heteroatoms. The maximum absolute atomic E-state index is 12.3. The maximum atomic E-state index is 12.3. The van der Waals surface area contributed by atoms with Gasteiger partial charge in [0.05, 0.1) is 28.7 Å². The van der Waals surface area contributed by atoms with Crippen LogP contribution in [0.4, 0.5) is 11.4 Å². The Bertz CT molecular complexity index is 682. The van der Waals surface area contributed by atoms with E-state index >= 15 is 0 Å². The Morgan fingerprint density at radius 3 is 2.08 bits per heavy atom. The molecule has 0 bridgehead atoms. The molecule has 1 aromatic rings. The molecule has 1 N–H and O–H groups in total. The van der Waals surface area contributed by atoms with E-state index in [0.717, 1.165) is 7.11 Å². The van der Waals surface area contributed by atoms with E-state index in [1.165, 1.54) is 17.0 Å². The summed E-state index contributed by atoms with van der Waals surface area (Å²) in [6, 6.07) is 1.79. The van der Waals surface area contributed by atoms with Crippen LogP contribution in [0.15, 0.2) is 12.1 Å². The normalized spacial score (nSPS) is 19.4. The number of nitro groups is 2. The number of nitrogens with zero attached hydrogens (tertiary/aromatic N) is 3. The predicted molar refractivity (Wildman–Crippen MR) is 83.8 cm³/mol. The van der Waals surface area contributed by atoms with Crippen LogP contribution >= 0.6 is 0 Å². The SMILES string of the molecule is COc1c([N+](=O)[O-])cc(C[C@@H]2NC(C)(C)N(C)C2=O)cc1[N+](=O)[O-]. The van der Waals surface area contributed by atoms with Gasteiger partial charge in [-0.15, -0.1) is 0 Å². The molecule has 1 amide bonds. The van der Waals surface area contributed by atoms with E-state index in [1.807, 2.05) is 13.8 Å². The Labute approximate surface area is 137 Å². The molecule has 24 heavy (non-hydrogen) atoms. The molecule has 0 radical (unpaired) electrons. The van der Waals surface area contributed by atoms with Crippen molar-refractivity contribution in [2.45, 2.75) is 32.0 Å². The molecule has 1 aromatic carbocycles. The zero-order chi connectivity index (χ0) is 18.2. The molecule has 0 saturated carbocycles. The first-order valence-electron chi connectivity index (χ1n) is 7.13. The van der Waals surface area contributed by atoms with Gasteiger partial charge in [-0.1, -0.05) is 0 Å². The molecular formula is C14H18N4O6. The predicted octanol–water partition coefficient (Wildman–Crippen LogP) is 1.22. The second-order valence-electron chi connectivity index (χ2n) is 6.04. The van der Waals surface area contributed by atoms with E-state index in [-0.39, 0.29) is 12.3 Å². The van der Waals surface area contributed by atoms with Crippen LogP contribution in [-0.4, -0.2) is 46.5 Å². The Kier molecular flexibility index (Phi) is 4.43. The molecule has 10 nitrogen and oxygen atoms in total. The van der Waals surface area contributed by atoms with E-state index < -0.39 is 38.7 Å². The van der Waals surface area contributed by atoms with Crippen LogP contribution in [0.5, 0.6) is 5.75 Å². The van der Waals surface area contributed by atoms with Gasteiger partial charge in [-0.2, -0.15) is 0 Å². The van der Waals surface area contributed by atoms with Crippen LogP contribution < -0.4 is 10.1 Å². The van der Waals surface area contributed by atoms with Crippen molar-refractivity contribution in [1.82, 2.24) is 10.2 Å². The molecular weight excluding hydrogens is 320 g/mol. The van der Waals surface area contributed by atoms with Gasteiger partial charge in [0.2, 0.25) is 5.91 Å². The first-order valence-corrected chi connectivity index (χ1v) is 7.13. The van der Waals surface area contributed by atoms with E-state index in [4.69, 9.17) is 4.74 Å². The highest BCUT2D eigenvalue weighted by atomic mass is 16.6. The quantitative estimate of drug-likeness (QED) is 0.631. The summed E-state index contributed by atoms with van der Waals surface area (Å²) >= 11 is 0. The number of amides is 1. The zero-order valence-corrected chi connectivity index (χ0v) is 13.7. The molecule has 1 aliphatic heterocycles. The molecule has 2 rings (SSSR count). The van der Waals surface area contributed by atoms with Crippen molar-refractivity contribution in [3.63, 3.8) is 0 Å². The molecule has 130 valence electrons. The first-order chi connectivity index (χ1) is 11.1. The lowest BCUT2D eigenvalue weighted by molar-refractivity contribution is -0.395. The minimum Gasteiger partial charge on any atom is -0.485 e. The number of hydrogen-bond acceptors (Lipinski definition) is 7. The van der Waals surface area contributed by atoms with Crippen molar-refractivity contribution in [3.05, 3.63) is 37.9 Å². The van der Waals surface area contributed by atoms with Gasteiger partial charge in [-0.05, 0) is 25.8 Å². The van der Waals surface area contributed by atoms with Gasteiger partial charge >= 0.3 is 11.4 Å². The molecule has 1 heterocycles. The zero-order valence-electron chi connectivity index (χ0n) is 13.7. The van der Waals surface area contributed by atoms with Crippen LogP contribution in [0.1, 0.15) is 19.4 Å². The van der Waals surface area contributed by atoms with Gasteiger partial charge in [-0.3, -0.25) is 30.3 Å². The number of nitrogens with one attached hydrogen (secondary N) is 1. The van der Waals surface area contributed by atoms with Crippen LogP contribution in [0.2, 0.25) is 0 Å². The Morgan fingerprint density at radius 2 is 1.75 bits per heavy atom. The summed E-state index contributed by atoms with van der Waals surface area (Å²) in [5.74, 6) is -0.585. The average Bonchev–Trinajstić information content (AvgIpc) is 2.69. The van der Waals surface area contributed by atoms with Gasteiger partial charge in [0.25, 0.3) is 5.75 Å². The summed E-state index contributed by atoms with van der Waals surface area (Å²) in [7, 11) is 2.78. The molecule has 0 aliphatic carbocycles. The van der Waals surface area contributed by atoms with Gasteiger partial charge in [-0.25, -0.2) is 0 Å². The van der Waals surface area contributed by atoms with E-state index in [1.54, 1.807) is 7.05 Å². The molecule has 1 fully saturated rings. The number of nitro benzene ring substituents is 2. The molecule has 1 atom stereocenters. The largest absolute Gasteiger partial charge is 0.485 e. The third-order valence-corrected chi connectivity index (χ3v) is 4.14. The van der Waals surface area contributed by atoms with Crippen LogP contribution in [0, 0.1) is 20.2 Å². The van der Waals surface area contributed by atoms with E-state index in [0.29, 0.717) is 5.56 Å². The van der Waals surface area contributed by atoms with Gasteiger partial charge in [0.15, 0.2) is 0 Å². The number of benzene rings is 1. The third-order valence-electron chi connectivity index (χ3n) is 4.14. The highest BCUT2D eigenvalue weighted by molar-refractivity contribution is 5.85. The Balaban J connectivity index is 2.43. The van der Waals surface area contributed by atoms with Crippen LogP contribution in [-0.2, 0) is 11.2 Å². The molecule has 1 aliphatic rings. The summed E-state index contributed by atoms with van der Waals surface area (Å²) in [5.41, 5.74) is -1.25. The van der Waals surface area contributed by atoms with Crippen LogP contribution in [0.25, 0.3) is 0 Å². The van der Waals surface area contributed by atoms with Crippen molar-refractivity contribution in [3.8, 4) is 5.75 Å². The Morgan fingerprint density at radius 1 is 1.25 bits per heavy atom. The van der Waals surface area contributed by atoms with Crippen molar-refractivity contribution in [2.75, 3.05) is 14.2 Å². The van der Waals surface area contributed by atoms with Crippen LogP contribution in [0.3, 0.4) is 0 Å². The Hall–Kier alpha value is -2.75. The van der Waals surface area contributed by atoms with Gasteiger partial charge < -0.3 is 9.64 Å². The fraction of sp³-hybridized carbons (Fsp3) is 0.500. The number of carbonyl (C=O) groups is 1. The standard InChI is InChI=1S/C14H18N4O6/c1-14(2)15-9(13(19)16(14)3)5-8-6-10(17(20)21)12(24-4)11(7-8)18(22)23/h6-7,9,15H,5H2,1-4H3/t9-/m0/s1.